The number of nitro groups is 1. The third-order valence-electron chi connectivity index (χ3n) is 3.93. The van der Waals surface area contributed by atoms with Crippen LogP contribution in [0.5, 0.6) is 5.75 Å². The fourth-order valence-corrected chi connectivity index (χ4v) is 2.38. The normalized spacial score (nSPS) is 16.2. The predicted octanol–water partition coefficient (Wildman–Crippen LogP) is 0.971. The Morgan fingerprint density at radius 3 is 2.71 bits per heavy atom. The highest BCUT2D eigenvalue weighted by Crippen LogP contribution is 2.30. The van der Waals surface area contributed by atoms with E-state index in [0.717, 1.165) is 0 Å². The van der Waals surface area contributed by atoms with Crippen molar-refractivity contribution in [1.82, 2.24) is 5.32 Å². The summed E-state index contributed by atoms with van der Waals surface area (Å²) in [5.74, 6) is -1.27. The van der Waals surface area contributed by atoms with E-state index in [1.165, 1.54) is 24.3 Å². The molecule has 9 heteroatoms. The number of rotatable bonds is 7. The van der Waals surface area contributed by atoms with Crippen LogP contribution in [0.3, 0.4) is 0 Å². The number of carbonyl (C=O) groups excluding carboxylic acids is 1. The number of aliphatic carboxylic acids is 1. The van der Waals surface area contributed by atoms with Crippen molar-refractivity contribution in [3.05, 3.63) is 34.4 Å². The molecule has 24 heavy (non-hydrogen) atoms. The second kappa shape index (κ2) is 7.73. The molecular formula is C15H18N2O7. The number of carboxylic acids is 1. The number of amides is 1. The molecule has 1 aromatic rings. The summed E-state index contributed by atoms with van der Waals surface area (Å²) >= 11 is 0. The van der Waals surface area contributed by atoms with Crippen LogP contribution in [0, 0.1) is 15.5 Å². The van der Waals surface area contributed by atoms with Crippen LogP contribution in [0.2, 0.25) is 0 Å². The molecule has 1 aliphatic heterocycles. The first-order chi connectivity index (χ1) is 11.4. The van der Waals surface area contributed by atoms with E-state index in [-0.39, 0.29) is 24.6 Å². The third-order valence-corrected chi connectivity index (χ3v) is 3.93. The third kappa shape index (κ3) is 4.42. The summed E-state index contributed by atoms with van der Waals surface area (Å²) in [5.41, 5.74) is -1.17. The van der Waals surface area contributed by atoms with Crippen molar-refractivity contribution in [2.24, 2.45) is 5.41 Å². The maximum Gasteiger partial charge on any atom is 0.311 e. The number of non-ortho nitro benzene ring substituents is 1. The van der Waals surface area contributed by atoms with Crippen molar-refractivity contribution >= 4 is 17.6 Å². The Bertz CT molecular complexity index is 626. The molecule has 0 unspecified atom stereocenters. The summed E-state index contributed by atoms with van der Waals surface area (Å²) in [6.07, 6.45) is 0.655. The van der Waals surface area contributed by atoms with Crippen LogP contribution in [-0.2, 0) is 14.3 Å². The number of carboxylic acid groups (broad SMARTS) is 1. The van der Waals surface area contributed by atoms with Gasteiger partial charge in [0.25, 0.3) is 11.6 Å². The standard InChI is InChI=1S/C15H18N2O7/c18-13(9-24-12-3-1-2-11(8-12)17(21)22)16-10-15(14(19)20)4-6-23-7-5-15/h1-3,8H,4-7,9-10H2,(H,16,18)(H,19,20). The Labute approximate surface area is 137 Å². The van der Waals surface area contributed by atoms with Gasteiger partial charge in [0.1, 0.15) is 5.75 Å². The molecule has 2 rings (SSSR count). The van der Waals surface area contributed by atoms with Crippen molar-refractivity contribution in [3.63, 3.8) is 0 Å². The number of carbonyl (C=O) groups is 2. The number of ether oxygens (including phenoxy) is 2. The molecule has 0 saturated carbocycles. The Morgan fingerprint density at radius 2 is 2.08 bits per heavy atom. The first-order valence-corrected chi connectivity index (χ1v) is 7.38. The molecule has 1 amide bonds. The summed E-state index contributed by atoms with van der Waals surface area (Å²) in [6, 6.07) is 5.48. The van der Waals surface area contributed by atoms with Crippen molar-refractivity contribution in [1.29, 1.82) is 0 Å². The molecule has 1 heterocycles. The van der Waals surface area contributed by atoms with E-state index >= 15 is 0 Å². The van der Waals surface area contributed by atoms with E-state index in [9.17, 15) is 24.8 Å². The second-order valence-electron chi connectivity index (χ2n) is 5.52. The fourth-order valence-electron chi connectivity index (χ4n) is 2.38. The molecule has 1 fully saturated rings. The summed E-state index contributed by atoms with van der Waals surface area (Å²) in [4.78, 5) is 33.4. The summed E-state index contributed by atoms with van der Waals surface area (Å²) in [7, 11) is 0. The van der Waals surface area contributed by atoms with Crippen LogP contribution in [0.25, 0.3) is 0 Å². The Kier molecular flexibility index (Phi) is 5.69. The van der Waals surface area contributed by atoms with Gasteiger partial charge in [-0.15, -0.1) is 0 Å². The molecule has 0 aromatic heterocycles. The number of nitrogens with one attached hydrogen (secondary N) is 1. The molecule has 9 nitrogen and oxygen atoms in total. The van der Waals surface area contributed by atoms with Gasteiger partial charge in [-0.3, -0.25) is 19.7 Å². The average molecular weight is 338 g/mol. The molecule has 1 aromatic carbocycles. The molecule has 2 N–H and O–H groups in total. The maximum absolute atomic E-state index is 11.8. The Balaban J connectivity index is 1.86. The SMILES string of the molecule is O=C(COc1cccc([N+](=O)[O-])c1)NCC1(C(=O)O)CCOCC1. The van der Waals surface area contributed by atoms with Gasteiger partial charge in [-0.25, -0.2) is 0 Å². The van der Waals surface area contributed by atoms with E-state index < -0.39 is 22.2 Å². The molecule has 0 radical (unpaired) electrons. The van der Waals surface area contributed by atoms with Crippen LogP contribution >= 0.6 is 0 Å². The quantitative estimate of drug-likeness (QED) is 0.560. The lowest BCUT2D eigenvalue weighted by Crippen LogP contribution is -2.47. The van der Waals surface area contributed by atoms with Crippen molar-refractivity contribution < 1.29 is 29.1 Å². The maximum atomic E-state index is 11.8. The Morgan fingerprint density at radius 1 is 1.38 bits per heavy atom. The van der Waals surface area contributed by atoms with Crippen LogP contribution in [0.1, 0.15) is 12.8 Å². The zero-order valence-electron chi connectivity index (χ0n) is 12.9. The summed E-state index contributed by atoms with van der Waals surface area (Å²) in [5, 5.41) is 22.6. The van der Waals surface area contributed by atoms with Crippen molar-refractivity contribution in [2.45, 2.75) is 12.8 Å². The van der Waals surface area contributed by atoms with E-state index in [1.807, 2.05) is 0 Å². The Hall–Kier alpha value is -2.68. The van der Waals surface area contributed by atoms with Gasteiger partial charge in [-0.1, -0.05) is 6.07 Å². The van der Waals surface area contributed by atoms with Crippen molar-refractivity contribution in [3.8, 4) is 5.75 Å². The van der Waals surface area contributed by atoms with E-state index in [0.29, 0.717) is 26.1 Å². The molecule has 130 valence electrons. The lowest BCUT2D eigenvalue weighted by Gasteiger charge is -2.33. The molecule has 0 atom stereocenters. The molecule has 0 spiro atoms. The number of benzene rings is 1. The zero-order chi connectivity index (χ0) is 17.6. The molecular weight excluding hydrogens is 320 g/mol. The van der Waals surface area contributed by atoms with Gasteiger partial charge in [0.15, 0.2) is 6.61 Å². The fraction of sp³-hybridized carbons (Fsp3) is 0.467. The first kappa shape index (κ1) is 17.7. The number of nitrogens with zero attached hydrogens (tertiary/aromatic N) is 1. The average Bonchev–Trinajstić information content (AvgIpc) is 2.59. The summed E-state index contributed by atoms with van der Waals surface area (Å²) in [6.45, 7) is 0.314. The van der Waals surface area contributed by atoms with Gasteiger partial charge in [0.2, 0.25) is 0 Å². The van der Waals surface area contributed by atoms with E-state index in [4.69, 9.17) is 9.47 Å². The number of nitro benzene ring substituents is 1. The minimum atomic E-state index is -1.03. The monoisotopic (exact) mass is 338 g/mol. The zero-order valence-corrected chi connectivity index (χ0v) is 12.9. The van der Waals surface area contributed by atoms with Gasteiger partial charge >= 0.3 is 5.97 Å². The van der Waals surface area contributed by atoms with Gasteiger partial charge in [0, 0.05) is 25.8 Å². The highest BCUT2D eigenvalue weighted by molar-refractivity contribution is 5.80. The van der Waals surface area contributed by atoms with E-state index in [1.54, 1.807) is 0 Å². The van der Waals surface area contributed by atoms with Crippen molar-refractivity contribution in [2.75, 3.05) is 26.4 Å². The summed E-state index contributed by atoms with van der Waals surface area (Å²) < 4.78 is 10.4. The predicted molar refractivity (Wildman–Crippen MR) is 81.7 cm³/mol. The minimum absolute atomic E-state index is 0.0111. The molecule has 0 aliphatic carbocycles. The molecule has 1 saturated heterocycles. The second-order valence-corrected chi connectivity index (χ2v) is 5.52. The van der Waals surface area contributed by atoms with Crippen LogP contribution in [0.4, 0.5) is 5.69 Å². The first-order valence-electron chi connectivity index (χ1n) is 7.38. The topological polar surface area (TPSA) is 128 Å². The highest BCUT2D eigenvalue weighted by Gasteiger charge is 2.40. The smallest absolute Gasteiger partial charge is 0.311 e. The van der Waals surface area contributed by atoms with Gasteiger partial charge in [-0.05, 0) is 18.9 Å². The van der Waals surface area contributed by atoms with Gasteiger partial charge in [-0.2, -0.15) is 0 Å². The minimum Gasteiger partial charge on any atom is -0.484 e. The van der Waals surface area contributed by atoms with Gasteiger partial charge in [0.05, 0.1) is 16.4 Å². The van der Waals surface area contributed by atoms with Crippen LogP contribution in [0.15, 0.2) is 24.3 Å². The molecule has 0 bridgehead atoms. The highest BCUT2D eigenvalue weighted by atomic mass is 16.6. The number of hydrogen-bond donors (Lipinski definition) is 2. The van der Waals surface area contributed by atoms with Crippen LogP contribution < -0.4 is 10.1 Å². The van der Waals surface area contributed by atoms with Crippen LogP contribution in [-0.4, -0.2) is 48.3 Å². The van der Waals surface area contributed by atoms with E-state index in [2.05, 4.69) is 5.32 Å². The lowest BCUT2D eigenvalue weighted by atomic mass is 9.80. The largest absolute Gasteiger partial charge is 0.484 e. The lowest BCUT2D eigenvalue weighted by molar-refractivity contribution is -0.384. The number of hydrogen-bond acceptors (Lipinski definition) is 6. The molecule has 1 aliphatic rings. The van der Waals surface area contributed by atoms with Gasteiger partial charge < -0.3 is 19.9 Å².